The quantitative estimate of drug-likeness (QED) is 0.630. The smallest absolute Gasteiger partial charge is 0.354 e. The summed E-state index contributed by atoms with van der Waals surface area (Å²) in [6.45, 7) is 2.27. The number of methoxy groups -OCH3 is 2. The molecule has 162 valence electrons. The second-order valence-corrected chi connectivity index (χ2v) is 7.81. The number of carbonyl (C=O) groups is 1. The van der Waals surface area contributed by atoms with Crippen LogP contribution in [0.25, 0.3) is 0 Å². The molecule has 31 heavy (non-hydrogen) atoms. The topological polar surface area (TPSA) is 113 Å². The van der Waals surface area contributed by atoms with Crippen LogP contribution in [0.5, 0.6) is 11.5 Å². The molecule has 0 aromatic heterocycles. The van der Waals surface area contributed by atoms with Gasteiger partial charge < -0.3 is 29.8 Å². The molecule has 3 N–H and O–H groups in total. The Hall–Kier alpha value is -3.20. The molecule has 1 aromatic rings. The molecule has 0 amide bonds. The second-order valence-electron chi connectivity index (χ2n) is 6.95. The highest BCUT2D eigenvalue weighted by molar-refractivity contribution is 9.10. The lowest BCUT2D eigenvalue weighted by Gasteiger charge is -2.37. The Morgan fingerprint density at radius 1 is 1.29 bits per heavy atom. The van der Waals surface area contributed by atoms with Crippen molar-refractivity contribution in [3.05, 3.63) is 68.9 Å². The number of nitrogens with zero attached hydrogens (tertiary/aromatic N) is 1. The third kappa shape index (κ3) is 3.48. The van der Waals surface area contributed by atoms with Crippen molar-refractivity contribution in [3.63, 3.8) is 0 Å². The maximum Gasteiger partial charge on any atom is 0.354 e. The highest BCUT2D eigenvalue weighted by Gasteiger charge is 2.42. The van der Waals surface area contributed by atoms with Gasteiger partial charge in [-0.2, -0.15) is 0 Å². The Kier molecular flexibility index (Phi) is 5.53. The predicted molar refractivity (Wildman–Crippen MR) is 117 cm³/mol. The van der Waals surface area contributed by atoms with E-state index in [2.05, 4.69) is 20.9 Å². The van der Waals surface area contributed by atoms with Crippen LogP contribution in [0.15, 0.2) is 68.3 Å². The number of rotatable bonds is 6. The number of hydrogen-bond acceptors (Lipinski definition) is 7. The molecule has 2 atom stereocenters. The Labute approximate surface area is 187 Å². The van der Waals surface area contributed by atoms with Crippen molar-refractivity contribution in [1.29, 1.82) is 0 Å². The number of carboxylic acids is 1. The molecule has 9 heteroatoms. The first-order valence-electron chi connectivity index (χ1n) is 9.55. The average Bonchev–Trinajstić information content (AvgIpc) is 3.19. The molecule has 1 aromatic carbocycles. The monoisotopic (exact) mass is 488 g/mol. The van der Waals surface area contributed by atoms with Crippen LogP contribution >= 0.6 is 15.9 Å². The molecule has 0 saturated carbocycles. The van der Waals surface area contributed by atoms with Crippen molar-refractivity contribution in [3.8, 4) is 11.5 Å². The molecule has 1 aliphatic carbocycles. The van der Waals surface area contributed by atoms with E-state index in [1.807, 2.05) is 25.1 Å². The molecular weight excluding hydrogens is 468 g/mol. The second kappa shape index (κ2) is 8.14. The summed E-state index contributed by atoms with van der Waals surface area (Å²) in [4.78, 5) is 15.6. The highest BCUT2D eigenvalue weighted by atomic mass is 79.9. The first-order chi connectivity index (χ1) is 14.9. The van der Waals surface area contributed by atoms with Gasteiger partial charge in [0.05, 0.1) is 36.9 Å². The van der Waals surface area contributed by atoms with E-state index >= 15 is 0 Å². The number of aliphatic imine (C=N–C) groups is 1. The molecule has 3 aliphatic rings. The predicted octanol–water partition coefficient (Wildman–Crippen LogP) is 3.40. The maximum atomic E-state index is 11.4. The van der Waals surface area contributed by atoms with Gasteiger partial charge in [0.1, 0.15) is 5.71 Å². The van der Waals surface area contributed by atoms with Crippen molar-refractivity contribution < 1.29 is 28.8 Å². The normalized spacial score (nSPS) is 21.7. The zero-order chi connectivity index (χ0) is 22.3. The van der Waals surface area contributed by atoms with Crippen molar-refractivity contribution in [2.45, 2.75) is 18.9 Å². The zero-order valence-corrected chi connectivity index (χ0v) is 18.7. The van der Waals surface area contributed by atoms with Gasteiger partial charge in [0.2, 0.25) is 5.88 Å². The van der Waals surface area contributed by atoms with E-state index in [4.69, 9.17) is 24.7 Å². The van der Waals surface area contributed by atoms with Crippen LogP contribution < -0.4 is 15.2 Å². The van der Waals surface area contributed by atoms with Crippen molar-refractivity contribution in [1.82, 2.24) is 0 Å². The minimum absolute atomic E-state index is 0.0388. The van der Waals surface area contributed by atoms with Crippen molar-refractivity contribution in [2.75, 3.05) is 20.8 Å². The van der Waals surface area contributed by atoms with Crippen LogP contribution in [0.1, 0.15) is 18.4 Å². The van der Waals surface area contributed by atoms with Gasteiger partial charge >= 0.3 is 5.97 Å². The SMILES string of the molecule is CCOC1=C(N)OC2C3=CC(C(=O)O)=NC3=CC=C2C1c1cc(Br)c(OC)c(OC)c1. The Balaban J connectivity index is 1.87. The van der Waals surface area contributed by atoms with Crippen molar-refractivity contribution in [2.24, 2.45) is 10.7 Å². The molecule has 2 aliphatic heterocycles. The van der Waals surface area contributed by atoms with E-state index in [1.54, 1.807) is 20.3 Å². The Morgan fingerprint density at radius 3 is 2.71 bits per heavy atom. The molecule has 4 rings (SSSR count). The number of ether oxygens (including phenoxy) is 4. The molecule has 8 nitrogen and oxygen atoms in total. The molecule has 0 bridgehead atoms. The highest BCUT2D eigenvalue weighted by Crippen LogP contribution is 2.49. The van der Waals surface area contributed by atoms with Crippen LogP contribution in [0.2, 0.25) is 0 Å². The summed E-state index contributed by atoms with van der Waals surface area (Å²) in [5.74, 6) is 0.280. The fourth-order valence-corrected chi connectivity index (χ4v) is 4.58. The van der Waals surface area contributed by atoms with Gasteiger partial charge in [-0.05, 0) is 58.3 Å². The maximum absolute atomic E-state index is 11.4. The fraction of sp³-hybridized carbons (Fsp3) is 0.273. The fourth-order valence-electron chi connectivity index (χ4n) is 3.96. The zero-order valence-electron chi connectivity index (χ0n) is 17.1. The van der Waals surface area contributed by atoms with Crippen LogP contribution in [0, 0.1) is 0 Å². The first-order valence-corrected chi connectivity index (χ1v) is 10.3. The number of allylic oxidation sites excluding steroid dienone is 3. The van der Waals surface area contributed by atoms with Gasteiger partial charge in [0, 0.05) is 5.57 Å². The standard InChI is InChI=1S/C22H21BrN2O6/c1-4-30-20-17(10-7-13(23)19(29-3)16(8-10)28-2)11-5-6-14-12(18(11)31-21(20)24)9-15(25-14)22(26)27/h5-9,17-18H,4,24H2,1-3H3,(H,26,27). The van der Waals surface area contributed by atoms with Gasteiger partial charge in [0.25, 0.3) is 0 Å². The van der Waals surface area contributed by atoms with Crippen LogP contribution in [-0.2, 0) is 14.3 Å². The summed E-state index contributed by atoms with van der Waals surface area (Å²) < 4.78 is 23.6. The lowest BCUT2D eigenvalue weighted by Crippen LogP contribution is -2.34. The van der Waals surface area contributed by atoms with Crippen LogP contribution in [-0.4, -0.2) is 43.7 Å². The molecule has 0 fully saturated rings. The number of fused-ring (bicyclic) bond motifs is 3. The molecule has 0 spiro atoms. The molecule has 2 heterocycles. The minimum Gasteiger partial charge on any atom is -0.493 e. The Bertz CT molecular complexity index is 1120. The minimum atomic E-state index is -1.10. The summed E-state index contributed by atoms with van der Waals surface area (Å²) >= 11 is 3.55. The lowest BCUT2D eigenvalue weighted by atomic mass is 9.79. The summed E-state index contributed by atoms with van der Waals surface area (Å²) in [5.41, 5.74) is 9.15. The number of halogens is 1. The number of benzene rings is 1. The Morgan fingerprint density at radius 2 is 2.06 bits per heavy atom. The molecule has 2 unspecified atom stereocenters. The van der Waals surface area contributed by atoms with E-state index < -0.39 is 12.1 Å². The molecular formula is C22H21BrN2O6. The van der Waals surface area contributed by atoms with E-state index in [9.17, 15) is 9.90 Å². The average molecular weight is 489 g/mol. The summed E-state index contributed by atoms with van der Waals surface area (Å²) in [6.07, 6.45) is 4.60. The summed E-state index contributed by atoms with van der Waals surface area (Å²) in [6, 6.07) is 3.79. The number of hydrogen-bond donors (Lipinski definition) is 2. The van der Waals surface area contributed by atoms with Gasteiger partial charge in [-0.25, -0.2) is 9.79 Å². The van der Waals surface area contributed by atoms with Gasteiger partial charge in [-0.1, -0.05) is 6.08 Å². The number of nitrogens with two attached hydrogens (primary N) is 1. The molecule has 0 saturated heterocycles. The van der Waals surface area contributed by atoms with E-state index in [1.165, 1.54) is 6.08 Å². The molecule has 0 radical (unpaired) electrons. The van der Waals surface area contributed by atoms with Gasteiger partial charge in [-0.15, -0.1) is 0 Å². The number of carboxylic acid groups (broad SMARTS) is 1. The van der Waals surface area contributed by atoms with E-state index in [-0.39, 0.29) is 17.5 Å². The van der Waals surface area contributed by atoms with Crippen molar-refractivity contribution >= 4 is 27.6 Å². The van der Waals surface area contributed by atoms with E-state index in [0.29, 0.717) is 39.6 Å². The van der Waals surface area contributed by atoms with Gasteiger partial charge in [0.15, 0.2) is 23.4 Å². The summed E-state index contributed by atoms with van der Waals surface area (Å²) in [5, 5.41) is 9.34. The summed E-state index contributed by atoms with van der Waals surface area (Å²) in [7, 11) is 3.14. The van der Waals surface area contributed by atoms with Gasteiger partial charge in [-0.3, -0.25) is 0 Å². The first kappa shape index (κ1) is 21.0. The lowest BCUT2D eigenvalue weighted by molar-refractivity contribution is -0.129. The third-order valence-electron chi connectivity index (χ3n) is 5.24. The largest absolute Gasteiger partial charge is 0.493 e. The third-order valence-corrected chi connectivity index (χ3v) is 5.83. The van der Waals surface area contributed by atoms with E-state index in [0.717, 1.165) is 11.1 Å². The van der Waals surface area contributed by atoms with Crippen LogP contribution in [0.4, 0.5) is 0 Å². The van der Waals surface area contributed by atoms with Crippen LogP contribution in [0.3, 0.4) is 0 Å². The number of aliphatic carboxylic acids is 1.